The van der Waals surface area contributed by atoms with Crippen molar-refractivity contribution >= 4 is 33.9 Å². The minimum Gasteiger partial charge on any atom is -0.462 e. The fourth-order valence-electron chi connectivity index (χ4n) is 6.78. The quantitative estimate of drug-likeness (QED) is 0.541. The number of fused-ring (bicyclic) bond motifs is 4. The molecule has 0 saturated carbocycles. The normalized spacial score (nSPS) is 25.6. The van der Waals surface area contributed by atoms with Crippen LogP contribution in [-0.2, 0) is 13.0 Å². The molecule has 0 amide bonds. The molecular formula is C29H35ClN6O. The second-order valence-corrected chi connectivity index (χ2v) is 11.6. The monoisotopic (exact) mass is 518 g/mol. The molecule has 37 heavy (non-hydrogen) atoms. The Morgan fingerprint density at radius 1 is 0.973 bits per heavy atom. The van der Waals surface area contributed by atoms with Crippen molar-refractivity contribution in [2.75, 3.05) is 49.6 Å². The van der Waals surface area contributed by atoms with E-state index in [0.29, 0.717) is 30.7 Å². The van der Waals surface area contributed by atoms with Crippen molar-refractivity contribution in [1.29, 1.82) is 0 Å². The molecule has 3 aromatic rings. The molecule has 3 saturated heterocycles. The molecule has 5 heterocycles. The Morgan fingerprint density at radius 3 is 2.59 bits per heavy atom. The van der Waals surface area contributed by atoms with E-state index in [1.165, 1.54) is 42.3 Å². The fraction of sp³-hybridized carbons (Fsp3) is 0.517. The van der Waals surface area contributed by atoms with Crippen LogP contribution < -0.4 is 19.9 Å². The standard InChI is InChI=1S/C29H35ClN6O/c1-34-13-4-5-21(34)18-37-29-32-26-17-35(27-9-3-6-22-23(27)7-2-8-25(22)30)14-12-24(26)28(33-29)36-15-19-10-11-20(16-36)31-19/h2-3,6-9,19-21,31H,4-5,10-18H2,1H3/t19?,20?,21-/m0/s1. The van der Waals surface area contributed by atoms with Crippen LogP contribution in [0, 0.1) is 0 Å². The number of aromatic nitrogens is 2. The molecule has 2 bridgehead atoms. The predicted molar refractivity (Wildman–Crippen MR) is 149 cm³/mol. The number of hydrogen-bond donors (Lipinski definition) is 1. The molecule has 3 fully saturated rings. The summed E-state index contributed by atoms with van der Waals surface area (Å²) in [5, 5.41) is 6.84. The van der Waals surface area contributed by atoms with Gasteiger partial charge in [-0.15, -0.1) is 0 Å². The summed E-state index contributed by atoms with van der Waals surface area (Å²) < 4.78 is 6.31. The summed E-state index contributed by atoms with van der Waals surface area (Å²) in [6.45, 7) is 5.48. The number of nitrogens with one attached hydrogen (secondary N) is 1. The Balaban J connectivity index is 1.22. The highest BCUT2D eigenvalue weighted by atomic mass is 35.5. The van der Waals surface area contributed by atoms with Gasteiger partial charge in [0.15, 0.2) is 0 Å². The second-order valence-electron chi connectivity index (χ2n) is 11.2. The number of anilines is 2. The number of benzene rings is 2. The van der Waals surface area contributed by atoms with Gasteiger partial charge in [0.05, 0.1) is 12.2 Å². The zero-order chi connectivity index (χ0) is 24.9. The Morgan fingerprint density at radius 2 is 1.78 bits per heavy atom. The van der Waals surface area contributed by atoms with Crippen LogP contribution in [0.5, 0.6) is 6.01 Å². The lowest BCUT2D eigenvalue weighted by Gasteiger charge is -2.37. The average Bonchev–Trinajstić information content (AvgIpc) is 3.49. The van der Waals surface area contributed by atoms with E-state index >= 15 is 0 Å². The topological polar surface area (TPSA) is 56.8 Å². The molecule has 3 atom stereocenters. The van der Waals surface area contributed by atoms with E-state index in [1.54, 1.807) is 0 Å². The Bertz CT molecular complexity index is 1310. The predicted octanol–water partition coefficient (Wildman–Crippen LogP) is 4.26. The summed E-state index contributed by atoms with van der Waals surface area (Å²) in [6.07, 6.45) is 5.83. The first kappa shape index (κ1) is 23.5. The zero-order valence-electron chi connectivity index (χ0n) is 21.5. The molecule has 8 heteroatoms. The summed E-state index contributed by atoms with van der Waals surface area (Å²) in [6, 6.07) is 14.7. The van der Waals surface area contributed by atoms with Crippen molar-refractivity contribution < 1.29 is 4.74 Å². The van der Waals surface area contributed by atoms with Gasteiger partial charge in [0.25, 0.3) is 0 Å². The third kappa shape index (κ3) is 4.41. The van der Waals surface area contributed by atoms with Crippen molar-refractivity contribution in [3.8, 4) is 6.01 Å². The van der Waals surface area contributed by atoms with Crippen LogP contribution in [0.1, 0.15) is 36.9 Å². The van der Waals surface area contributed by atoms with Gasteiger partial charge < -0.3 is 24.8 Å². The Labute approximate surface area is 223 Å². The van der Waals surface area contributed by atoms with Crippen molar-refractivity contribution in [3.63, 3.8) is 0 Å². The van der Waals surface area contributed by atoms with Gasteiger partial charge in [-0.25, -0.2) is 0 Å². The first-order valence-corrected chi connectivity index (χ1v) is 14.2. The Hall–Kier alpha value is -2.61. The van der Waals surface area contributed by atoms with Gasteiger partial charge in [0.1, 0.15) is 12.4 Å². The lowest BCUT2D eigenvalue weighted by molar-refractivity contribution is 0.187. The Kier molecular flexibility index (Phi) is 6.10. The van der Waals surface area contributed by atoms with E-state index in [0.717, 1.165) is 61.1 Å². The van der Waals surface area contributed by atoms with Crippen LogP contribution in [0.2, 0.25) is 5.02 Å². The van der Waals surface area contributed by atoms with Crippen molar-refractivity contribution in [2.45, 2.75) is 56.8 Å². The lowest BCUT2D eigenvalue weighted by atomic mass is 10.0. The largest absolute Gasteiger partial charge is 0.462 e. The number of halogens is 1. The molecule has 194 valence electrons. The smallest absolute Gasteiger partial charge is 0.318 e. The number of nitrogens with zero attached hydrogens (tertiary/aromatic N) is 5. The SMILES string of the molecule is CN1CCC[C@H]1COc1nc2c(c(N3CC4CCC(C3)N4)n1)CCN(c1cccc3c(Cl)cccc13)C2. The van der Waals surface area contributed by atoms with E-state index in [-0.39, 0.29) is 0 Å². The first-order chi connectivity index (χ1) is 18.1. The lowest BCUT2D eigenvalue weighted by Crippen LogP contribution is -2.52. The number of likely N-dealkylation sites (tertiary alicyclic amines) is 1. The van der Waals surface area contributed by atoms with Gasteiger partial charge >= 0.3 is 6.01 Å². The maximum absolute atomic E-state index is 6.53. The van der Waals surface area contributed by atoms with Gasteiger partial charge in [-0.05, 0) is 57.8 Å². The molecule has 2 unspecified atom stereocenters. The molecule has 2 aromatic carbocycles. The molecule has 1 N–H and O–H groups in total. The molecular weight excluding hydrogens is 484 g/mol. The molecule has 4 aliphatic heterocycles. The number of piperazine rings is 1. The third-order valence-electron chi connectivity index (χ3n) is 8.80. The van der Waals surface area contributed by atoms with Gasteiger partial charge in [-0.1, -0.05) is 35.9 Å². The van der Waals surface area contributed by atoms with Crippen molar-refractivity contribution in [2.24, 2.45) is 0 Å². The van der Waals surface area contributed by atoms with Gasteiger partial charge in [-0.3, -0.25) is 0 Å². The average molecular weight is 519 g/mol. The maximum Gasteiger partial charge on any atom is 0.318 e. The summed E-state index contributed by atoms with van der Waals surface area (Å²) in [4.78, 5) is 17.4. The third-order valence-corrected chi connectivity index (χ3v) is 9.13. The highest BCUT2D eigenvalue weighted by molar-refractivity contribution is 6.35. The number of hydrogen-bond acceptors (Lipinski definition) is 7. The highest BCUT2D eigenvalue weighted by Gasteiger charge is 2.35. The molecule has 0 aliphatic carbocycles. The van der Waals surface area contributed by atoms with Crippen LogP contribution in [0.3, 0.4) is 0 Å². The van der Waals surface area contributed by atoms with E-state index < -0.39 is 0 Å². The van der Waals surface area contributed by atoms with Gasteiger partial charge in [0.2, 0.25) is 0 Å². The fourth-order valence-corrected chi connectivity index (χ4v) is 7.02. The summed E-state index contributed by atoms with van der Waals surface area (Å²) >= 11 is 6.53. The van der Waals surface area contributed by atoms with E-state index in [9.17, 15) is 0 Å². The zero-order valence-corrected chi connectivity index (χ0v) is 22.3. The minimum absolute atomic E-state index is 0.440. The summed E-state index contributed by atoms with van der Waals surface area (Å²) in [5.74, 6) is 1.10. The van der Waals surface area contributed by atoms with Crippen molar-refractivity contribution in [3.05, 3.63) is 52.7 Å². The van der Waals surface area contributed by atoms with Crippen molar-refractivity contribution in [1.82, 2.24) is 20.2 Å². The van der Waals surface area contributed by atoms with Crippen LogP contribution in [0.4, 0.5) is 11.5 Å². The molecule has 4 aliphatic rings. The maximum atomic E-state index is 6.53. The number of rotatable bonds is 5. The summed E-state index contributed by atoms with van der Waals surface area (Å²) in [7, 11) is 2.19. The van der Waals surface area contributed by atoms with Crippen LogP contribution in [0.25, 0.3) is 10.8 Å². The first-order valence-electron chi connectivity index (χ1n) is 13.8. The van der Waals surface area contributed by atoms with Crippen LogP contribution in [0.15, 0.2) is 36.4 Å². The number of likely N-dealkylation sites (N-methyl/N-ethyl adjacent to an activating group) is 1. The van der Waals surface area contributed by atoms with E-state index in [2.05, 4.69) is 51.3 Å². The van der Waals surface area contributed by atoms with Crippen LogP contribution in [-0.4, -0.2) is 72.8 Å². The van der Waals surface area contributed by atoms with E-state index in [4.69, 9.17) is 26.3 Å². The molecule has 7 rings (SSSR count). The molecule has 1 aromatic heterocycles. The van der Waals surface area contributed by atoms with Crippen LogP contribution >= 0.6 is 11.6 Å². The van der Waals surface area contributed by atoms with Gasteiger partial charge in [-0.2, -0.15) is 9.97 Å². The second kappa shape index (κ2) is 9.61. The minimum atomic E-state index is 0.440. The van der Waals surface area contributed by atoms with Gasteiger partial charge in [0, 0.05) is 64.8 Å². The molecule has 0 radical (unpaired) electrons. The number of ether oxygens (including phenoxy) is 1. The van der Waals surface area contributed by atoms with E-state index in [1.807, 2.05) is 12.1 Å². The molecule has 0 spiro atoms. The summed E-state index contributed by atoms with van der Waals surface area (Å²) in [5.41, 5.74) is 3.60. The highest BCUT2D eigenvalue weighted by Crippen LogP contribution is 2.37. The molecule has 7 nitrogen and oxygen atoms in total.